The molecule has 0 aromatic heterocycles. The Morgan fingerprint density at radius 3 is 1.37 bits per heavy atom. The number of benzene rings is 6. The number of nitrogens with one attached hydrogen (secondary N) is 3. The van der Waals surface area contributed by atoms with Crippen LogP contribution in [0.5, 0.6) is 23.0 Å². The maximum absolute atomic E-state index is 14.9. The van der Waals surface area contributed by atoms with Crippen molar-refractivity contribution in [1.82, 2.24) is 0 Å². The molecule has 2 atom stereocenters. The first-order valence-electron chi connectivity index (χ1n) is 26.3. The standard InChI is InChI=1S/C27H24BrF3N2O5.C17H12BrF3N2O3.C10H12O2.2CHF3O3S.2CH4.Cu/c28-19-11-22(20(29)12-21(19)32-13-18(34)15-36-14-16-4-2-1-3-5-16)33-25(35)26(8-9-26)17-6-7-23-24(10-17)38-27(30,31)37-23;18-9-6-12(10(19)7-11(9)22)23-15(24)16(3-4-16)8-1-2-13-14(5-8)26-17(20,21)25-13;1-2-4-9(5-3-1)6-11-7-10-8-12-10;2*2-1(3,4)8(5,6)7;;;/h1-7,10-12,18,32,34H,8-9,13-15H2,(H,33,35);1-2,5-7H,3-4,22H2,(H,23,24);1-5,10H,6-8H2;2*(H,5,6,7);2*1H4;/t18-;;10-;;;;;/m1.0...../s1. The molecule has 1 saturated heterocycles. The number of aliphatic hydroxyl groups is 1. The molecule has 1 radical (unpaired) electrons. The number of hydrogen-bond donors (Lipinski definition) is 7. The Balaban J connectivity index is 0.000000289. The van der Waals surface area contributed by atoms with Crippen molar-refractivity contribution in [3.05, 3.63) is 164 Å². The van der Waals surface area contributed by atoms with Gasteiger partial charge >= 0.3 is 43.8 Å². The number of rotatable bonds is 17. The topological polar surface area (TPSA) is 293 Å². The van der Waals surface area contributed by atoms with Crippen LogP contribution >= 0.6 is 31.9 Å². The molecule has 0 bridgehead atoms. The summed E-state index contributed by atoms with van der Waals surface area (Å²) in [5.74, 6) is -2.72. The summed E-state index contributed by atoms with van der Waals surface area (Å²) in [6, 6.07) is 33.3. The quantitative estimate of drug-likeness (QED) is 0.0111. The maximum Gasteiger partial charge on any atom is 0.586 e. The minimum Gasteiger partial charge on any atom is -0.398 e. The molecule has 2 saturated carbocycles. The summed E-state index contributed by atoms with van der Waals surface area (Å²) in [6.45, 7) is 2.87. The number of halogens is 14. The van der Waals surface area contributed by atoms with Crippen molar-refractivity contribution in [2.45, 2.75) is 100 Å². The number of alkyl halides is 10. The van der Waals surface area contributed by atoms with E-state index in [9.17, 15) is 67.4 Å². The van der Waals surface area contributed by atoms with Gasteiger partial charge in [0, 0.05) is 50.4 Å². The fraction of sp³-hybridized carbons (Fsp3) is 0.345. The normalized spacial score (nSPS) is 16.9. The Morgan fingerprint density at radius 2 is 0.979 bits per heavy atom. The second-order valence-electron chi connectivity index (χ2n) is 20.2. The Labute approximate surface area is 562 Å². The van der Waals surface area contributed by atoms with Crippen LogP contribution in [0.1, 0.15) is 62.8 Å². The van der Waals surface area contributed by atoms with E-state index in [2.05, 4.69) is 78.9 Å². The third kappa shape index (κ3) is 22.7. The minimum absolute atomic E-state index is 0. The first kappa shape index (κ1) is 80.8. The number of hydrogen-bond acceptors (Lipinski definition) is 16. The van der Waals surface area contributed by atoms with Gasteiger partial charge in [0.15, 0.2) is 23.0 Å². The van der Waals surface area contributed by atoms with Gasteiger partial charge < -0.3 is 59.9 Å². The number of fused-ring (bicyclic) bond motifs is 2. The summed E-state index contributed by atoms with van der Waals surface area (Å²) in [5.41, 5.74) is -3.64. The van der Waals surface area contributed by atoms with E-state index in [1.165, 1.54) is 60.2 Å². The molecule has 2 aliphatic carbocycles. The van der Waals surface area contributed by atoms with Crippen LogP contribution in [-0.2, 0) is 85.1 Å². The van der Waals surface area contributed by atoms with E-state index in [0.717, 1.165) is 24.8 Å². The van der Waals surface area contributed by atoms with Gasteiger partial charge in [0.2, 0.25) is 11.8 Å². The molecule has 2 amide bonds. The van der Waals surface area contributed by atoms with Crippen molar-refractivity contribution in [1.29, 1.82) is 0 Å². The first-order valence-corrected chi connectivity index (χ1v) is 30.8. The maximum atomic E-state index is 14.9. The Bertz CT molecular complexity index is 3810. The summed E-state index contributed by atoms with van der Waals surface area (Å²) in [5, 5.41) is 18.3. The van der Waals surface area contributed by atoms with Crippen molar-refractivity contribution < 1.29 is 144 Å². The van der Waals surface area contributed by atoms with Crippen LogP contribution in [0, 0.1) is 11.6 Å². The van der Waals surface area contributed by atoms with Crippen LogP contribution in [0.2, 0.25) is 0 Å². The third-order valence-electron chi connectivity index (χ3n) is 13.3. The molecule has 6 aromatic carbocycles. The molecule has 3 aliphatic heterocycles. The fourth-order valence-electron chi connectivity index (χ4n) is 8.18. The fourth-order valence-corrected chi connectivity index (χ4v) is 9.00. The van der Waals surface area contributed by atoms with Crippen molar-refractivity contribution in [3.8, 4) is 23.0 Å². The van der Waals surface area contributed by atoms with E-state index in [1.54, 1.807) is 0 Å². The Kier molecular flexibility index (Phi) is 27.7. The average molecular weight is 1580 g/mol. The summed E-state index contributed by atoms with van der Waals surface area (Å²) in [4.78, 5) is 25.8. The van der Waals surface area contributed by atoms with Gasteiger partial charge in [0.05, 0.1) is 67.0 Å². The van der Waals surface area contributed by atoms with Gasteiger partial charge in [-0.25, -0.2) is 8.78 Å². The van der Waals surface area contributed by atoms with Crippen LogP contribution in [0.4, 0.5) is 75.4 Å². The monoisotopic (exact) mass is 1580 g/mol. The Hall–Kier alpha value is -6.64. The molecule has 20 nitrogen and oxygen atoms in total. The molecule has 5 aliphatic rings. The average Bonchev–Trinajstić information content (AvgIpc) is 1.60. The van der Waals surface area contributed by atoms with E-state index in [4.69, 9.17) is 45.9 Å². The molecular weight excluding hydrogens is 1520 g/mol. The molecule has 8 N–H and O–H groups in total. The van der Waals surface area contributed by atoms with Gasteiger partial charge in [0.25, 0.3) is 0 Å². The van der Waals surface area contributed by atoms with Crippen molar-refractivity contribution >= 4 is 86.7 Å². The number of epoxide rings is 1. The second-order valence-corrected chi connectivity index (χ2v) is 24.8. The predicted molar refractivity (Wildman–Crippen MR) is 322 cm³/mol. The second kappa shape index (κ2) is 32.6. The van der Waals surface area contributed by atoms with Gasteiger partial charge in [0.1, 0.15) is 17.7 Å². The molecule has 11 rings (SSSR count). The number of carbonyl (C=O) groups excluding carboxylic acids is 2. The Morgan fingerprint density at radius 1 is 0.600 bits per heavy atom. The molecular formula is C58H58Br2CuF12N4O16S2. The number of amides is 2. The number of aliphatic hydroxyl groups excluding tert-OH is 1. The van der Waals surface area contributed by atoms with E-state index >= 15 is 0 Å². The largest absolute Gasteiger partial charge is 0.586 e. The van der Waals surface area contributed by atoms with Crippen LogP contribution in [0.15, 0.2) is 130 Å². The van der Waals surface area contributed by atoms with Crippen molar-refractivity contribution in [2.75, 3.05) is 48.0 Å². The molecule has 6 aromatic rings. The number of carbonyl (C=O) groups is 2. The predicted octanol–water partition coefficient (Wildman–Crippen LogP) is 13.4. The van der Waals surface area contributed by atoms with E-state index in [0.29, 0.717) is 70.8 Å². The van der Waals surface area contributed by atoms with Crippen LogP contribution in [-0.4, -0.2) is 105 Å². The molecule has 37 heteroatoms. The molecule has 0 spiro atoms. The van der Waals surface area contributed by atoms with E-state index in [-0.39, 0.29) is 85.1 Å². The van der Waals surface area contributed by atoms with Crippen LogP contribution < -0.4 is 40.6 Å². The van der Waals surface area contributed by atoms with Gasteiger partial charge in [-0.3, -0.25) is 18.7 Å². The van der Waals surface area contributed by atoms with Crippen molar-refractivity contribution in [3.63, 3.8) is 0 Å². The van der Waals surface area contributed by atoms with Crippen LogP contribution in [0.3, 0.4) is 0 Å². The van der Waals surface area contributed by atoms with Gasteiger partial charge in [-0.15, -0.1) is 17.6 Å². The van der Waals surface area contributed by atoms with E-state index < -0.39 is 84.2 Å². The zero-order valence-electron chi connectivity index (χ0n) is 46.9. The SMILES string of the molecule is C.C.Nc1cc(F)c(NC(=O)C2(c3ccc4c(c3)OC(F)(F)O4)CC2)cc1Br.O=C(Nc1cc(Br)c(NC[C@@H](O)COCc2ccccc2)cc1F)C1(c2ccc3c(c2)OC(F)(F)O3)CC1.O=S(=O)(O)C(F)(F)F.O=S(=O)(O)C(F)(F)F.[Cu].c1ccc(COC[C@H]2CO2)cc1. The van der Waals surface area contributed by atoms with E-state index in [1.807, 2.05) is 48.5 Å². The third-order valence-corrected chi connectivity index (χ3v) is 15.8. The molecule has 0 unspecified atom stereocenters. The number of anilines is 4. The molecule has 527 valence electrons. The van der Waals surface area contributed by atoms with Gasteiger partial charge in [-0.2, -0.15) is 43.2 Å². The summed E-state index contributed by atoms with van der Waals surface area (Å²) in [6.07, 6.45) is -5.98. The first-order chi connectivity index (χ1) is 42.8. The smallest absolute Gasteiger partial charge is 0.398 e. The van der Waals surface area contributed by atoms with Crippen molar-refractivity contribution in [2.24, 2.45) is 0 Å². The molecule has 95 heavy (non-hydrogen) atoms. The number of ether oxygens (including phenoxy) is 7. The zero-order valence-corrected chi connectivity index (χ0v) is 52.7. The summed E-state index contributed by atoms with van der Waals surface area (Å²) < 4.78 is 232. The van der Waals surface area contributed by atoms with Crippen LogP contribution in [0.25, 0.3) is 0 Å². The van der Waals surface area contributed by atoms with Gasteiger partial charge in [-0.1, -0.05) is 87.6 Å². The van der Waals surface area contributed by atoms with Gasteiger partial charge in [-0.05, 0) is 116 Å². The minimum atomic E-state index is -5.84. The summed E-state index contributed by atoms with van der Waals surface area (Å²) >= 11 is 6.55. The molecule has 3 fully saturated rings. The summed E-state index contributed by atoms with van der Waals surface area (Å²) in [7, 11) is -11.7. The number of nitrogens with two attached hydrogens (primary N) is 1. The molecule has 3 heterocycles. The number of nitrogen functional groups attached to an aromatic ring is 1. The zero-order chi connectivity index (χ0) is 67.8.